The molecule has 1 aromatic carbocycles. The molecule has 1 aromatic rings. The molecule has 2 aliphatic heterocycles. The maximum atomic E-state index is 13.1. The van der Waals surface area contributed by atoms with Crippen LogP contribution in [-0.4, -0.2) is 46.7 Å². The molecule has 3 atom stereocenters. The summed E-state index contributed by atoms with van der Waals surface area (Å²) in [5.41, 5.74) is 7.56. The van der Waals surface area contributed by atoms with Gasteiger partial charge in [-0.05, 0) is 30.9 Å². The molecule has 1 aliphatic carbocycles. The van der Waals surface area contributed by atoms with Crippen molar-refractivity contribution in [2.75, 3.05) is 0 Å². The number of carbonyl (C=O) groups excluding carboxylic acids is 4. The summed E-state index contributed by atoms with van der Waals surface area (Å²) >= 11 is 0. The van der Waals surface area contributed by atoms with Gasteiger partial charge in [-0.15, -0.1) is 0 Å². The molecule has 28 heavy (non-hydrogen) atoms. The van der Waals surface area contributed by atoms with Gasteiger partial charge in [0.05, 0.1) is 11.1 Å². The predicted molar refractivity (Wildman–Crippen MR) is 100 cm³/mol. The number of nitrogens with zero attached hydrogens (tertiary/aromatic N) is 1. The van der Waals surface area contributed by atoms with E-state index in [9.17, 15) is 19.2 Å². The fourth-order valence-electron chi connectivity index (χ4n) is 4.39. The highest BCUT2D eigenvalue weighted by Crippen LogP contribution is 2.30. The Balaban J connectivity index is 1.56. The fourth-order valence-corrected chi connectivity index (χ4v) is 4.39. The van der Waals surface area contributed by atoms with Gasteiger partial charge < -0.3 is 11.1 Å². The SMILES string of the molecule is N[C@H]1CCCC[C@@H]1NCc1cccc2c1C(=O)N(C1CCC(=O)NC1=O)C2=O. The molecule has 1 saturated heterocycles. The second-order valence-electron chi connectivity index (χ2n) is 7.72. The van der Waals surface area contributed by atoms with Gasteiger partial charge in [-0.1, -0.05) is 25.0 Å². The molecule has 2 heterocycles. The average molecular weight is 384 g/mol. The van der Waals surface area contributed by atoms with E-state index < -0.39 is 23.8 Å². The first-order chi connectivity index (χ1) is 13.5. The van der Waals surface area contributed by atoms with Crippen molar-refractivity contribution in [2.24, 2.45) is 5.73 Å². The molecule has 0 radical (unpaired) electrons. The Morgan fingerprint density at radius 2 is 1.86 bits per heavy atom. The Morgan fingerprint density at radius 1 is 1.07 bits per heavy atom. The zero-order valence-electron chi connectivity index (χ0n) is 15.6. The Morgan fingerprint density at radius 3 is 2.61 bits per heavy atom. The summed E-state index contributed by atoms with van der Waals surface area (Å²) in [6, 6.07) is 4.50. The molecule has 148 valence electrons. The Hall–Kier alpha value is -2.58. The molecule has 2 fully saturated rings. The summed E-state index contributed by atoms with van der Waals surface area (Å²) in [6.45, 7) is 0.434. The van der Waals surface area contributed by atoms with Crippen LogP contribution in [0.3, 0.4) is 0 Å². The molecule has 0 bridgehead atoms. The van der Waals surface area contributed by atoms with Crippen LogP contribution in [0.5, 0.6) is 0 Å². The first-order valence-electron chi connectivity index (χ1n) is 9.80. The number of nitrogens with one attached hydrogen (secondary N) is 2. The minimum Gasteiger partial charge on any atom is -0.326 e. The Labute approximate surface area is 162 Å². The Kier molecular flexibility index (Phi) is 4.99. The van der Waals surface area contributed by atoms with E-state index in [-0.39, 0.29) is 30.8 Å². The first-order valence-corrected chi connectivity index (χ1v) is 9.80. The number of benzene rings is 1. The van der Waals surface area contributed by atoms with Crippen LogP contribution >= 0.6 is 0 Å². The lowest BCUT2D eigenvalue weighted by molar-refractivity contribution is -0.136. The number of amides is 4. The van der Waals surface area contributed by atoms with E-state index in [1.54, 1.807) is 12.1 Å². The molecule has 1 unspecified atom stereocenters. The van der Waals surface area contributed by atoms with Crippen LogP contribution in [0.1, 0.15) is 64.8 Å². The first kappa shape index (κ1) is 18.8. The van der Waals surface area contributed by atoms with Crippen molar-refractivity contribution in [3.63, 3.8) is 0 Å². The molecule has 3 aliphatic rings. The van der Waals surface area contributed by atoms with E-state index in [2.05, 4.69) is 10.6 Å². The van der Waals surface area contributed by atoms with Crippen LogP contribution in [0.25, 0.3) is 0 Å². The average Bonchev–Trinajstić information content (AvgIpc) is 2.93. The van der Waals surface area contributed by atoms with E-state index in [4.69, 9.17) is 5.73 Å². The largest absolute Gasteiger partial charge is 0.326 e. The van der Waals surface area contributed by atoms with Crippen LogP contribution in [0.2, 0.25) is 0 Å². The number of nitrogens with two attached hydrogens (primary N) is 1. The van der Waals surface area contributed by atoms with Gasteiger partial charge in [0, 0.05) is 25.0 Å². The normalized spacial score (nSPS) is 27.8. The molecule has 0 spiro atoms. The van der Waals surface area contributed by atoms with Gasteiger partial charge in [0.25, 0.3) is 11.8 Å². The number of hydrogen-bond acceptors (Lipinski definition) is 6. The minimum absolute atomic E-state index is 0.0859. The molecule has 4 rings (SSSR count). The molecule has 1 saturated carbocycles. The van der Waals surface area contributed by atoms with Crippen molar-refractivity contribution in [2.45, 2.75) is 63.2 Å². The second-order valence-corrected chi connectivity index (χ2v) is 7.72. The molecular weight excluding hydrogens is 360 g/mol. The number of piperidine rings is 1. The van der Waals surface area contributed by atoms with Crippen molar-refractivity contribution in [1.29, 1.82) is 0 Å². The summed E-state index contributed by atoms with van der Waals surface area (Å²) in [6.07, 6.45) is 4.49. The molecule has 8 nitrogen and oxygen atoms in total. The molecule has 4 N–H and O–H groups in total. The number of hydrogen-bond donors (Lipinski definition) is 3. The maximum absolute atomic E-state index is 13.1. The van der Waals surface area contributed by atoms with E-state index in [0.717, 1.165) is 36.1 Å². The highest BCUT2D eigenvalue weighted by Gasteiger charge is 2.45. The number of rotatable bonds is 4. The zero-order chi connectivity index (χ0) is 19.8. The van der Waals surface area contributed by atoms with Crippen molar-refractivity contribution in [3.8, 4) is 0 Å². The summed E-state index contributed by atoms with van der Waals surface area (Å²) in [5, 5.41) is 5.64. The van der Waals surface area contributed by atoms with Crippen molar-refractivity contribution >= 4 is 23.6 Å². The molecular formula is C20H24N4O4. The van der Waals surface area contributed by atoms with Crippen molar-refractivity contribution in [1.82, 2.24) is 15.5 Å². The Bertz CT molecular complexity index is 853. The second kappa shape index (κ2) is 7.44. The third kappa shape index (κ3) is 3.22. The summed E-state index contributed by atoms with van der Waals surface area (Å²) in [4.78, 5) is 50.5. The highest BCUT2D eigenvalue weighted by atomic mass is 16.2. The molecule has 0 aromatic heterocycles. The summed E-state index contributed by atoms with van der Waals surface area (Å²) in [7, 11) is 0. The van der Waals surface area contributed by atoms with Gasteiger partial charge in [0.2, 0.25) is 11.8 Å². The standard InChI is InChI=1S/C20H24N4O4/c21-13-6-1-2-7-14(13)22-10-11-4-3-5-12-17(11)20(28)24(19(12)27)15-8-9-16(25)23-18(15)26/h3-5,13-15,22H,1-2,6-10,21H2,(H,23,25,26)/t13-,14-,15?/m0/s1. The van der Waals surface area contributed by atoms with Crippen LogP contribution < -0.4 is 16.4 Å². The number of carbonyl (C=O) groups is 4. The smallest absolute Gasteiger partial charge is 0.262 e. The summed E-state index contributed by atoms with van der Waals surface area (Å²) in [5.74, 6) is -1.93. The summed E-state index contributed by atoms with van der Waals surface area (Å²) < 4.78 is 0. The van der Waals surface area contributed by atoms with Gasteiger partial charge >= 0.3 is 0 Å². The van der Waals surface area contributed by atoms with Crippen LogP contribution in [0.4, 0.5) is 0 Å². The topological polar surface area (TPSA) is 122 Å². The lowest BCUT2D eigenvalue weighted by Gasteiger charge is -2.29. The van der Waals surface area contributed by atoms with Crippen LogP contribution in [-0.2, 0) is 16.1 Å². The van der Waals surface area contributed by atoms with Crippen molar-refractivity contribution in [3.05, 3.63) is 34.9 Å². The van der Waals surface area contributed by atoms with Gasteiger partial charge in [-0.2, -0.15) is 0 Å². The van der Waals surface area contributed by atoms with E-state index in [0.29, 0.717) is 17.7 Å². The fraction of sp³-hybridized carbons (Fsp3) is 0.500. The van der Waals surface area contributed by atoms with Crippen LogP contribution in [0, 0.1) is 0 Å². The lowest BCUT2D eigenvalue weighted by atomic mass is 9.90. The van der Waals surface area contributed by atoms with Gasteiger partial charge in [0.1, 0.15) is 6.04 Å². The lowest BCUT2D eigenvalue weighted by Crippen LogP contribution is -2.54. The third-order valence-electron chi connectivity index (χ3n) is 5.93. The van der Waals surface area contributed by atoms with E-state index >= 15 is 0 Å². The van der Waals surface area contributed by atoms with Crippen LogP contribution in [0.15, 0.2) is 18.2 Å². The monoisotopic (exact) mass is 384 g/mol. The van der Waals surface area contributed by atoms with Gasteiger partial charge in [0.15, 0.2) is 0 Å². The quantitative estimate of drug-likeness (QED) is 0.648. The minimum atomic E-state index is -0.947. The van der Waals surface area contributed by atoms with Crippen molar-refractivity contribution < 1.29 is 19.2 Å². The third-order valence-corrected chi connectivity index (χ3v) is 5.93. The number of imide groups is 2. The molecule has 4 amide bonds. The van der Waals surface area contributed by atoms with Gasteiger partial charge in [-0.25, -0.2) is 0 Å². The van der Waals surface area contributed by atoms with E-state index in [1.165, 1.54) is 0 Å². The molecule has 8 heteroatoms. The highest BCUT2D eigenvalue weighted by molar-refractivity contribution is 6.24. The van der Waals surface area contributed by atoms with Gasteiger partial charge in [-0.3, -0.25) is 29.4 Å². The maximum Gasteiger partial charge on any atom is 0.262 e. The number of fused-ring (bicyclic) bond motifs is 1. The predicted octanol–water partition coefficient (Wildman–Crippen LogP) is 0.447. The van der Waals surface area contributed by atoms with E-state index in [1.807, 2.05) is 6.07 Å². The zero-order valence-corrected chi connectivity index (χ0v) is 15.6.